The van der Waals surface area contributed by atoms with Crippen LogP contribution in [-0.4, -0.2) is 39.9 Å². The molecule has 1 fully saturated rings. The molecule has 1 saturated heterocycles. The molecular formula is C18H22FN5O. The molecule has 7 heteroatoms. The number of rotatable bonds is 4. The lowest BCUT2D eigenvalue weighted by Crippen LogP contribution is -2.48. The van der Waals surface area contributed by atoms with Crippen LogP contribution in [0.2, 0.25) is 0 Å². The molecule has 0 aliphatic carbocycles. The zero-order valence-corrected chi connectivity index (χ0v) is 13.9. The van der Waals surface area contributed by atoms with Gasteiger partial charge < -0.3 is 16.4 Å². The molecule has 1 aromatic heterocycles. The van der Waals surface area contributed by atoms with Crippen molar-refractivity contribution in [1.82, 2.24) is 14.9 Å². The maximum Gasteiger partial charge on any atom is 0.239 e. The molecule has 0 radical (unpaired) electrons. The minimum Gasteiger partial charge on any atom is -0.368 e. The van der Waals surface area contributed by atoms with E-state index < -0.39 is 6.04 Å². The third kappa shape index (κ3) is 4.30. The fourth-order valence-corrected chi connectivity index (χ4v) is 3.23. The molecule has 0 saturated carbocycles. The summed E-state index contributed by atoms with van der Waals surface area (Å²) in [7, 11) is 0. The van der Waals surface area contributed by atoms with Gasteiger partial charge in [0.2, 0.25) is 11.9 Å². The standard InChI is InChI=1S/C18H22FN5O/c19-14-5-3-12(4-6-14)10-15(20)17(25)24-9-1-2-13(11-24)16-7-8-22-18(21)23-16/h3-8,13,15H,1-2,9-11,20H2,(H2,21,22,23)/t13-,15+/m1/s1. The molecule has 1 amide bonds. The second-order valence-electron chi connectivity index (χ2n) is 6.40. The lowest BCUT2D eigenvalue weighted by Gasteiger charge is -2.34. The van der Waals surface area contributed by atoms with Gasteiger partial charge in [0.1, 0.15) is 5.82 Å². The Kier molecular flexibility index (Phi) is 5.23. The van der Waals surface area contributed by atoms with Crippen LogP contribution in [0.3, 0.4) is 0 Å². The third-order valence-electron chi connectivity index (χ3n) is 4.53. The van der Waals surface area contributed by atoms with Crippen LogP contribution in [0.4, 0.5) is 10.3 Å². The van der Waals surface area contributed by atoms with Crippen molar-refractivity contribution in [3.63, 3.8) is 0 Å². The van der Waals surface area contributed by atoms with E-state index in [2.05, 4.69) is 9.97 Å². The average molecular weight is 343 g/mol. The average Bonchev–Trinajstić information content (AvgIpc) is 2.63. The van der Waals surface area contributed by atoms with Crippen LogP contribution in [-0.2, 0) is 11.2 Å². The van der Waals surface area contributed by atoms with Gasteiger partial charge >= 0.3 is 0 Å². The number of carbonyl (C=O) groups is 1. The van der Waals surface area contributed by atoms with Crippen LogP contribution < -0.4 is 11.5 Å². The Balaban J connectivity index is 1.64. The van der Waals surface area contributed by atoms with E-state index in [1.165, 1.54) is 12.1 Å². The van der Waals surface area contributed by atoms with Gasteiger partial charge in [-0.1, -0.05) is 12.1 Å². The molecule has 4 N–H and O–H groups in total. The lowest BCUT2D eigenvalue weighted by atomic mass is 9.93. The summed E-state index contributed by atoms with van der Waals surface area (Å²) in [5.41, 5.74) is 13.5. The number of piperidine rings is 1. The zero-order chi connectivity index (χ0) is 17.8. The molecule has 25 heavy (non-hydrogen) atoms. The molecule has 0 unspecified atom stereocenters. The van der Waals surface area contributed by atoms with E-state index in [1.54, 1.807) is 23.2 Å². The highest BCUT2D eigenvalue weighted by atomic mass is 19.1. The van der Waals surface area contributed by atoms with Crippen molar-refractivity contribution in [3.05, 3.63) is 53.6 Å². The normalized spacial score (nSPS) is 18.8. The molecule has 2 aromatic rings. The van der Waals surface area contributed by atoms with Gasteiger partial charge in [-0.25, -0.2) is 14.4 Å². The minimum absolute atomic E-state index is 0.0870. The predicted molar refractivity (Wildman–Crippen MR) is 93.1 cm³/mol. The van der Waals surface area contributed by atoms with E-state index in [-0.39, 0.29) is 23.6 Å². The van der Waals surface area contributed by atoms with Crippen molar-refractivity contribution in [2.45, 2.75) is 31.2 Å². The number of nitrogens with two attached hydrogens (primary N) is 2. The van der Waals surface area contributed by atoms with Crippen molar-refractivity contribution in [2.24, 2.45) is 5.73 Å². The highest BCUT2D eigenvalue weighted by Gasteiger charge is 2.28. The largest absolute Gasteiger partial charge is 0.368 e. The quantitative estimate of drug-likeness (QED) is 0.876. The fraction of sp³-hybridized carbons (Fsp3) is 0.389. The summed E-state index contributed by atoms with van der Waals surface area (Å²) in [4.78, 5) is 22.7. The molecule has 6 nitrogen and oxygen atoms in total. The van der Waals surface area contributed by atoms with Crippen LogP contribution in [0.15, 0.2) is 36.5 Å². The highest BCUT2D eigenvalue weighted by molar-refractivity contribution is 5.82. The Morgan fingerprint density at radius 3 is 2.80 bits per heavy atom. The summed E-state index contributed by atoms with van der Waals surface area (Å²) in [6.07, 6.45) is 3.87. The summed E-state index contributed by atoms with van der Waals surface area (Å²) in [6, 6.07) is 7.27. The SMILES string of the molecule is Nc1nccc([C@@H]2CCCN(C(=O)[C@@H](N)Cc3ccc(F)cc3)C2)n1. The number of hydrogen-bond donors (Lipinski definition) is 2. The minimum atomic E-state index is -0.639. The number of halogens is 1. The van der Waals surface area contributed by atoms with Crippen molar-refractivity contribution >= 4 is 11.9 Å². The van der Waals surface area contributed by atoms with Crippen LogP contribution in [0.5, 0.6) is 0 Å². The number of anilines is 1. The van der Waals surface area contributed by atoms with Gasteiger partial charge in [-0.05, 0) is 43.0 Å². The maximum atomic E-state index is 13.0. The number of nitrogens with zero attached hydrogens (tertiary/aromatic N) is 3. The maximum absolute atomic E-state index is 13.0. The van der Waals surface area contributed by atoms with E-state index in [0.29, 0.717) is 19.5 Å². The highest BCUT2D eigenvalue weighted by Crippen LogP contribution is 2.26. The molecular weight excluding hydrogens is 321 g/mol. The summed E-state index contributed by atoms with van der Waals surface area (Å²) in [5.74, 6) is -0.00215. The lowest BCUT2D eigenvalue weighted by molar-refractivity contribution is -0.133. The molecule has 2 heterocycles. The Morgan fingerprint density at radius 1 is 1.32 bits per heavy atom. The van der Waals surface area contributed by atoms with E-state index in [9.17, 15) is 9.18 Å². The molecule has 2 atom stereocenters. The first-order chi connectivity index (χ1) is 12.0. The first kappa shape index (κ1) is 17.3. The zero-order valence-electron chi connectivity index (χ0n) is 13.9. The Bertz CT molecular complexity index is 737. The molecule has 1 aromatic carbocycles. The van der Waals surface area contributed by atoms with Crippen LogP contribution in [0.1, 0.15) is 30.0 Å². The van der Waals surface area contributed by atoms with Gasteiger partial charge in [-0.3, -0.25) is 4.79 Å². The molecule has 1 aliphatic heterocycles. The van der Waals surface area contributed by atoms with Gasteiger partial charge in [0, 0.05) is 25.2 Å². The number of likely N-dealkylation sites (tertiary alicyclic amines) is 1. The summed E-state index contributed by atoms with van der Waals surface area (Å²) < 4.78 is 13.0. The summed E-state index contributed by atoms with van der Waals surface area (Å²) in [5, 5.41) is 0. The van der Waals surface area contributed by atoms with Crippen LogP contribution >= 0.6 is 0 Å². The number of nitrogen functional groups attached to an aromatic ring is 1. The summed E-state index contributed by atoms with van der Waals surface area (Å²) >= 11 is 0. The van der Waals surface area contributed by atoms with Gasteiger partial charge in [0.25, 0.3) is 0 Å². The monoisotopic (exact) mass is 343 g/mol. The number of hydrogen-bond acceptors (Lipinski definition) is 5. The van der Waals surface area contributed by atoms with E-state index in [4.69, 9.17) is 11.5 Å². The van der Waals surface area contributed by atoms with Crippen molar-refractivity contribution < 1.29 is 9.18 Å². The fourth-order valence-electron chi connectivity index (χ4n) is 3.23. The van der Waals surface area contributed by atoms with Gasteiger partial charge in [0.05, 0.1) is 11.7 Å². The molecule has 0 bridgehead atoms. The Hall–Kier alpha value is -2.54. The second-order valence-corrected chi connectivity index (χ2v) is 6.40. The van der Waals surface area contributed by atoms with Gasteiger partial charge in [0.15, 0.2) is 0 Å². The van der Waals surface area contributed by atoms with Crippen molar-refractivity contribution in [2.75, 3.05) is 18.8 Å². The van der Waals surface area contributed by atoms with E-state index >= 15 is 0 Å². The van der Waals surface area contributed by atoms with Crippen molar-refractivity contribution in [1.29, 1.82) is 0 Å². The topological polar surface area (TPSA) is 98.1 Å². The van der Waals surface area contributed by atoms with E-state index in [1.807, 2.05) is 6.07 Å². The van der Waals surface area contributed by atoms with Crippen molar-refractivity contribution in [3.8, 4) is 0 Å². The first-order valence-corrected chi connectivity index (χ1v) is 8.40. The number of amides is 1. The molecule has 132 valence electrons. The predicted octanol–water partition coefficient (Wildman–Crippen LogP) is 1.47. The van der Waals surface area contributed by atoms with Gasteiger partial charge in [-0.15, -0.1) is 0 Å². The van der Waals surface area contributed by atoms with Gasteiger partial charge in [-0.2, -0.15) is 0 Å². The molecule has 3 rings (SSSR count). The Labute approximate surface area is 146 Å². The first-order valence-electron chi connectivity index (χ1n) is 8.40. The second kappa shape index (κ2) is 7.57. The number of carbonyl (C=O) groups excluding carboxylic acids is 1. The number of benzene rings is 1. The molecule has 0 spiro atoms. The smallest absolute Gasteiger partial charge is 0.239 e. The number of aromatic nitrogens is 2. The van der Waals surface area contributed by atoms with E-state index in [0.717, 1.165) is 24.1 Å². The summed E-state index contributed by atoms with van der Waals surface area (Å²) in [6.45, 7) is 1.26. The van der Waals surface area contributed by atoms with Crippen LogP contribution in [0, 0.1) is 5.82 Å². The molecule has 1 aliphatic rings. The Morgan fingerprint density at radius 2 is 2.08 bits per heavy atom. The van der Waals surface area contributed by atoms with Crippen LogP contribution in [0.25, 0.3) is 0 Å². The third-order valence-corrected chi connectivity index (χ3v) is 4.53.